The van der Waals surface area contributed by atoms with Gasteiger partial charge in [-0.1, -0.05) is 13.8 Å². The predicted molar refractivity (Wildman–Crippen MR) is 42.0 cm³/mol. The fraction of sp³-hybridized carbons (Fsp3) is 0.875. The van der Waals surface area contributed by atoms with Crippen molar-refractivity contribution in [2.45, 2.75) is 32.7 Å². The lowest BCUT2D eigenvalue weighted by molar-refractivity contribution is -0.129. The molecule has 0 N–H and O–H groups in total. The zero-order chi connectivity index (χ0) is 8.27. The van der Waals surface area contributed by atoms with Crippen molar-refractivity contribution in [1.82, 2.24) is 4.90 Å². The smallest absolute Gasteiger partial charge is 0.224 e. The van der Waals surface area contributed by atoms with E-state index in [-0.39, 0.29) is 5.91 Å². The fourth-order valence-corrected chi connectivity index (χ4v) is 1.43. The molecule has 1 atom stereocenters. The SMILES string of the molecule is CC.O=C1CC[C@@H]2COCN12. The number of hydrogen-bond acceptors (Lipinski definition) is 2. The van der Waals surface area contributed by atoms with Crippen LogP contribution >= 0.6 is 0 Å². The zero-order valence-electron chi connectivity index (χ0n) is 7.17. The van der Waals surface area contributed by atoms with Crippen molar-refractivity contribution in [3.63, 3.8) is 0 Å². The molecule has 0 spiro atoms. The van der Waals surface area contributed by atoms with E-state index in [0.29, 0.717) is 12.8 Å². The molecule has 2 saturated heterocycles. The monoisotopic (exact) mass is 157 g/mol. The minimum Gasteiger partial charge on any atom is -0.359 e. The Morgan fingerprint density at radius 1 is 1.55 bits per heavy atom. The van der Waals surface area contributed by atoms with Crippen molar-refractivity contribution in [3.05, 3.63) is 0 Å². The summed E-state index contributed by atoms with van der Waals surface area (Å²) in [6, 6.07) is 0.414. The van der Waals surface area contributed by atoms with Gasteiger partial charge < -0.3 is 9.64 Å². The third-order valence-corrected chi connectivity index (χ3v) is 1.99. The van der Waals surface area contributed by atoms with E-state index in [1.807, 2.05) is 18.7 Å². The summed E-state index contributed by atoms with van der Waals surface area (Å²) in [6.07, 6.45) is 1.73. The van der Waals surface area contributed by atoms with Gasteiger partial charge in [0.05, 0.1) is 12.6 Å². The molecule has 0 aromatic carbocycles. The quantitative estimate of drug-likeness (QED) is 0.525. The van der Waals surface area contributed by atoms with Gasteiger partial charge in [0.15, 0.2) is 0 Å². The van der Waals surface area contributed by atoms with Crippen molar-refractivity contribution < 1.29 is 9.53 Å². The minimum atomic E-state index is 0.262. The largest absolute Gasteiger partial charge is 0.359 e. The first-order valence-corrected chi connectivity index (χ1v) is 4.25. The summed E-state index contributed by atoms with van der Waals surface area (Å²) in [5.74, 6) is 0.262. The van der Waals surface area contributed by atoms with Crippen molar-refractivity contribution in [2.75, 3.05) is 13.3 Å². The normalized spacial score (nSPS) is 28.0. The first-order chi connectivity index (χ1) is 5.38. The van der Waals surface area contributed by atoms with Crippen molar-refractivity contribution in [2.24, 2.45) is 0 Å². The van der Waals surface area contributed by atoms with E-state index in [9.17, 15) is 4.79 Å². The molecule has 2 heterocycles. The van der Waals surface area contributed by atoms with E-state index in [1.165, 1.54) is 0 Å². The number of hydrogen-bond donors (Lipinski definition) is 0. The van der Waals surface area contributed by atoms with Crippen LogP contribution in [0.4, 0.5) is 0 Å². The van der Waals surface area contributed by atoms with Crippen molar-refractivity contribution >= 4 is 5.91 Å². The van der Waals surface area contributed by atoms with Crippen LogP contribution in [0.15, 0.2) is 0 Å². The van der Waals surface area contributed by atoms with Gasteiger partial charge in [0, 0.05) is 6.42 Å². The first-order valence-electron chi connectivity index (χ1n) is 4.25. The van der Waals surface area contributed by atoms with Crippen LogP contribution in [0.3, 0.4) is 0 Å². The molecule has 64 valence electrons. The van der Waals surface area contributed by atoms with Gasteiger partial charge >= 0.3 is 0 Å². The maximum absolute atomic E-state index is 10.9. The molecule has 0 bridgehead atoms. The summed E-state index contributed by atoms with van der Waals surface area (Å²) in [4.78, 5) is 12.7. The third kappa shape index (κ3) is 1.53. The highest BCUT2D eigenvalue weighted by Crippen LogP contribution is 2.22. The Kier molecular flexibility index (Phi) is 2.88. The zero-order valence-corrected chi connectivity index (χ0v) is 7.17. The molecule has 2 aliphatic rings. The summed E-state index contributed by atoms with van der Waals surface area (Å²) >= 11 is 0. The lowest BCUT2D eigenvalue weighted by atomic mass is 10.2. The van der Waals surface area contributed by atoms with Gasteiger partial charge in [0.1, 0.15) is 6.73 Å². The topological polar surface area (TPSA) is 29.5 Å². The van der Waals surface area contributed by atoms with Crippen LogP contribution in [0.2, 0.25) is 0 Å². The van der Waals surface area contributed by atoms with E-state index >= 15 is 0 Å². The van der Waals surface area contributed by atoms with Gasteiger partial charge in [-0.2, -0.15) is 0 Å². The highest BCUT2D eigenvalue weighted by molar-refractivity contribution is 5.78. The second kappa shape index (κ2) is 3.72. The van der Waals surface area contributed by atoms with Crippen LogP contribution in [-0.4, -0.2) is 30.2 Å². The number of carbonyl (C=O) groups is 1. The average Bonchev–Trinajstić information content (AvgIpc) is 2.60. The second-order valence-electron chi connectivity index (χ2n) is 2.56. The second-order valence-corrected chi connectivity index (χ2v) is 2.56. The van der Waals surface area contributed by atoms with Gasteiger partial charge in [-0.3, -0.25) is 4.79 Å². The van der Waals surface area contributed by atoms with Gasteiger partial charge in [0.2, 0.25) is 5.91 Å². The lowest BCUT2D eigenvalue weighted by Crippen LogP contribution is -2.27. The number of fused-ring (bicyclic) bond motifs is 1. The van der Waals surface area contributed by atoms with Crippen molar-refractivity contribution in [3.8, 4) is 0 Å². The van der Waals surface area contributed by atoms with Crippen LogP contribution < -0.4 is 0 Å². The van der Waals surface area contributed by atoms with Crippen LogP contribution in [0.1, 0.15) is 26.7 Å². The van der Waals surface area contributed by atoms with E-state index in [0.717, 1.165) is 19.4 Å². The van der Waals surface area contributed by atoms with E-state index < -0.39 is 0 Å². The Hall–Kier alpha value is -0.570. The van der Waals surface area contributed by atoms with E-state index in [2.05, 4.69) is 0 Å². The Balaban J connectivity index is 0.000000281. The summed E-state index contributed by atoms with van der Waals surface area (Å²) in [7, 11) is 0. The van der Waals surface area contributed by atoms with Gasteiger partial charge in [-0.25, -0.2) is 0 Å². The van der Waals surface area contributed by atoms with Crippen LogP contribution in [0.25, 0.3) is 0 Å². The molecule has 3 nitrogen and oxygen atoms in total. The molecule has 2 aliphatic heterocycles. The van der Waals surface area contributed by atoms with E-state index in [1.54, 1.807) is 0 Å². The Bertz CT molecular complexity index is 147. The van der Waals surface area contributed by atoms with Crippen LogP contribution in [-0.2, 0) is 9.53 Å². The maximum atomic E-state index is 10.9. The minimum absolute atomic E-state index is 0.262. The summed E-state index contributed by atoms with van der Waals surface area (Å²) in [5, 5.41) is 0. The standard InChI is InChI=1S/C6H9NO2.C2H6/c8-6-2-1-5-3-9-4-7(5)6;1-2/h5H,1-4H2;1-2H3/t5-;/m1./s1. The molecule has 0 aromatic rings. The highest BCUT2D eigenvalue weighted by atomic mass is 16.5. The molecule has 11 heavy (non-hydrogen) atoms. The number of rotatable bonds is 0. The maximum Gasteiger partial charge on any atom is 0.224 e. The number of ether oxygens (including phenoxy) is 1. The van der Waals surface area contributed by atoms with Crippen LogP contribution in [0.5, 0.6) is 0 Å². The molecule has 0 radical (unpaired) electrons. The molecule has 1 amide bonds. The molecule has 2 fully saturated rings. The van der Waals surface area contributed by atoms with Gasteiger partial charge in [0.25, 0.3) is 0 Å². The molecule has 0 aromatic heterocycles. The molecule has 0 saturated carbocycles. The molecule has 0 unspecified atom stereocenters. The highest BCUT2D eigenvalue weighted by Gasteiger charge is 2.34. The Morgan fingerprint density at radius 3 is 2.91 bits per heavy atom. The first kappa shape index (κ1) is 8.53. The Morgan fingerprint density at radius 2 is 2.27 bits per heavy atom. The summed E-state index contributed by atoms with van der Waals surface area (Å²) < 4.78 is 5.09. The Labute approximate surface area is 67.3 Å². The molecular weight excluding hydrogens is 142 g/mol. The average molecular weight is 157 g/mol. The lowest BCUT2D eigenvalue weighted by Gasteiger charge is -2.10. The molecule has 0 aliphatic carbocycles. The molecular formula is C8H15NO2. The molecule has 2 rings (SSSR count). The number of amides is 1. The number of carbonyl (C=O) groups excluding carboxylic acids is 1. The summed E-state index contributed by atoms with van der Waals surface area (Å²) in [5.41, 5.74) is 0. The van der Waals surface area contributed by atoms with Crippen LogP contribution in [0, 0.1) is 0 Å². The summed E-state index contributed by atoms with van der Waals surface area (Å²) in [6.45, 7) is 5.29. The molecule has 3 heteroatoms. The van der Waals surface area contributed by atoms with Gasteiger partial charge in [-0.15, -0.1) is 0 Å². The third-order valence-electron chi connectivity index (χ3n) is 1.99. The van der Waals surface area contributed by atoms with E-state index in [4.69, 9.17) is 4.74 Å². The fourth-order valence-electron chi connectivity index (χ4n) is 1.43. The predicted octanol–water partition coefficient (Wildman–Crippen LogP) is 0.991. The van der Waals surface area contributed by atoms with Gasteiger partial charge in [-0.05, 0) is 6.42 Å². The number of nitrogens with zero attached hydrogens (tertiary/aromatic N) is 1. The van der Waals surface area contributed by atoms with Crippen molar-refractivity contribution in [1.29, 1.82) is 0 Å².